The summed E-state index contributed by atoms with van der Waals surface area (Å²) in [5, 5.41) is 0. The highest BCUT2D eigenvalue weighted by molar-refractivity contribution is 7.91. The van der Waals surface area contributed by atoms with Gasteiger partial charge in [0.25, 0.3) is 5.91 Å². The van der Waals surface area contributed by atoms with Crippen LogP contribution >= 0.6 is 0 Å². The van der Waals surface area contributed by atoms with Gasteiger partial charge in [-0.3, -0.25) is 4.79 Å². The summed E-state index contributed by atoms with van der Waals surface area (Å²) >= 11 is 0. The molecular weight excluding hydrogens is 433 g/mol. The SMILES string of the molecule is CCOc1ccc(C(=O)N(Cc2ccc(-c3ccc(F)cc3)o2)[C@H]2CCS(=O)(=O)C2)cc1. The van der Waals surface area contributed by atoms with Gasteiger partial charge < -0.3 is 14.1 Å². The molecule has 8 heteroatoms. The van der Waals surface area contributed by atoms with E-state index in [9.17, 15) is 17.6 Å². The molecule has 1 aliphatic heterocycles. The van der Waals surface area contributed by atoms with Crippen molar-refractivity contribution >= 4 is 15.7 Å². The Bertz CT molecular complexity index is 1190. The van der Waals surface area contributed by atoms with E-state index in [4.69, 9.17) is 9.15 Å². The van der Waals surface area contributed by atoms with Gasteiger partial charge in [-0.05, 0) is 74.0 Å². The Morgan fingerprint density at radius 3 is 2.44 bits per heavy atom. The Morgan fingerprint density at radius 2 is 1.81 bits per heavy atom. The molecule has 0 spiro atoms. The normalized spacial score (nSPS) is 17.2. The van der Waals surface area contributed by atoms with Crippen LogP contribution in [0.1, 0.15) is 29.5 Å². The van der Waals surface area contributed by atoms with Crippen molar-refractivity contribution in [3.63, 3.8) is 0 Å². The molecular formula is C24H24FNO5S. The molecule has 1 aromatic heterocycles. The number of benzene rings is 2. The number of ether oxygens (including phenoxy) is 1. The number of sulfone groups is 1. The lowest BCUT2D eigenvalue weighted by Crippen LogP contribution is -2.40. The van der Waals surface area contributed by atoms with E-state index in [1.807, 2.05) is 6.92 Å². The Kier molecular flexibility index (Phi) is 6.32. The Hall–Kier alpha value is -3.13. The topological polar surface area (TPSA) is 76.8 Å². The summed E-state index contributed by atoms with van der Waals surface area (Å²) in [4.78, 5) is 14.9. The summed E-state index contributed by atoms with van der Waals surface area (Å²) in [5.41, 5.74) is 1.16. The number of carbonyl (C=O) groups excluding carboxylic acids is 1. The lowest BCUT2D eigenvalue weighted by atomic mass is 10.1. The Labute approximate surface area is 186 Å². The molecule has 0 radical (unpaired) electrons. The molecule has 0 N–H and O–H groups in total. The van der Waals surface area contributed by atoms with Gasteiger partial charge in [0, 0.05) is 17.2 Å². The minimum atomic E-state index is -3.18. The van der Waals surface area contributed by atoms with Crippen LogP contribution in [0.15, 0.2) is 65.1 Å². The smallest absolute Gasteiger partial charge is 0.254 e. The molecule has 1 amide bonds. The molecule has 1 saturated heterocycles. The van der Waals surface area contributed by atoms with Crippen LogP contribution in [0.2, 0.25) is 0 Å². The van der Waals surface area contributed by atoms with Crippen LogP contribution in [0.5, 0.6) is 5.75 Å². The van der Waals surface area contributed by atoms with Gasteiger partial charge in [-0.25, -0.2) is 12.8 Å². The summed E-state index contributed by atoms with van der Waals surface area (Å²) in [7, 11) is -3.18. The number of amides is 1. The number of nitrogens with zero attached hydrogens (tertiary/aromatic N) is 1. The van der Waals surface area contributed by atoms with Crippen molar-refractivity contribution in [3.05, 3.63) is 77.8 Å². The molecule has 3 aromatic rings. The molecule has 168 valence electrons. The highest BCUT2D eigenvalue weighted by Gasteiger charge is 2.35. The van der Waals surface area contributed by atoms with E-state index in [1.165, 1.54) is 12.1 Å². The number of carbonyl (C=O) groups is 1. The van der Waals surface area contributed by atoms with E-state index in [-0.39, 0.29) is 29.8 Å². The van der Waals surface area contributed by atoms with Crippen molar-refractivity contribution in [2.75, 3.05) is 18.1 Å². The van der Waals surface area contributed by atoms with Gasteiger partial charge >= 0.3 is 0 Å². The van der Waals surface area contributed by atoms with Gasteiger partial charge in [0.1, 0.15) is 23.1 Å². The van der Waals surface area contributed by atoms with E-state index >= 15 is 0 Å². The number of hydrogen-bond acceptors (Lipinski definition) is 5. The first-order chi connectivity index (χ1) is 15.3. The molecule has 1 aliphatic rings. The molecule has 4 rings (SSSR count). The summed E-state index contributed by atoms with van der Waals surface area (Å²) in [5.74, 6) is 1.12. The van der Waals surface area contributed by atoms with E-state index in [2.05, 4.69) is 0 Å². The van der Waals surface area contributed by atoms with E-state index in [0.717, 1.165) is 0 Å². The van der Waals surface area contributed by atoms with Crippen LogP contribution in [0.3, 0.4) is 0 Å². The molecule has 32 heavy (non-hydrogen) atoms. The first kappa shape index (κ1) is 22.1. The van der Waals surface area contributed by atoms with Crippen LogP contribution in [0, 0.1) is 5.82 Å². The van der Waals surface area contributed by atoms with Crippen molar-refractivity contribution in [3.8, 4) is 17.1 Å². The lowest BCUT2D eigenvalue weighted by Gasteiger charge is -2.27. The van der Waals surface area contributed by atoms with Gasteiger partial charge in [0.2, 0.25) is 0 Å². The standard InChI is InChI=1S/C24H24FNO5S/c1-2-30-21-9-5-18(6-10-21)24(27)26(20-13-14-32(28,29)16-20)15-22-11-12-23(31-22)17-3-7-19(25)8-4-17/h3-12,20H,2,13-16H2,1H3/t20-/m0/s1. The molecule has 0 saturated carbocycles. The fourth-order valence-corrected chi connectivity index (χ4v) is 5.54. The molecule has 2 heterocycles. The van der Waals surface area contributed by atoms with Crippen LogP contribution in [0.25, 0.3) is 11.3 Å². The Balaban J connectivity index is 1.58. The third-order valence-electron chi connectivity index (χ3n) is 5.44. The zero-order valence-corrected chi connectivity index (χ0v) is 18.5. The van der Waals surface area contributed by atoms with Crippen molar-refractivity contribution < 1.29 is 26.8 Å². The molecule has 0 aliphatic carbocycles. The fourth-order valence-electron chi connectivity index (χ4n) is 3.81. The summed E-state index contributed by atoms with van der Waals surface area (Å²) in [6.07, 6.45) is 0.386. The molecule has 6 nitrogen and oxygen atoms in total. The maximum Gasteiger partial charge on any atom is 0.254 e. The molecule has 2 aromatic carbocycles. The van der Waals surface area contributed by atoms with Gasteiger partial charge in [0.05, 0.1) is 24.7 Å². The van der Waals surface area contributed by atoms with E-state index in [0.29, 0.717) is 41.4 Å². The summed E-state index contributed by atoms with van der Waals surface area (Å²) in [6.45, 7) is 2.53. The van der Waals surface area contributed by atoms with Gasteiger partial charge in [-0.1, -0.05) is 0 Å². The zero-order chi connectivity index (χ0) is 22.7. The third kappa shape index (κ3) is 5.02. The molecule has 1 atom stereocenters. The van der Waals surface area contributed by atoms with Crippen LogP contribution < -0.4 is 4.74 Å². The van der Waals surface area contributed by atoms with Crippen LogP contribution in [-0.2, 0) is 16.4 Å². The molecule has 1 fully saturated rings. The molecule has 0 bridgehead atoms. The minimum absolute atomic E-state index is 0.0592. The van der Waals surface area contributed by atoms with E-state index in [1.54, 1.807) is 53.4 Å². The van der Waals surface area contributed by atoms with Crippen molar-refractivity contribution in [2.45, 2.75) is 25.9 Å². The monoisotopic (exact) mass is 457 g/mol. The summed E-state index contributed by atoms with van der Waals surface area (Å²) < 4.78 is 48.7. The fraction of sp³-hybridized carbons (Fsp3) is 0.292. The quantitative estimate of drug-likeness (QED) is 0.528. The maximum absolute atomic E-state index is 13.3. The minimum Gasteiger partial charge on any atom is -0.494 e. The average Bonchev–Trinajstić information content (AvgIpc) is 3.39. The second kappa shape index (κ2) is 9.16. The van der Waals surface area contributed by atoms with Crippen molar-refractivity contribution in [1.29, 1.82) is 0 Å². The largest absolute Gasteiger partial charge is 0.494 e. The first-order valence-electron chi connectivity index (χ1n) is 10.4. The van der Waals surface area contributed by atoms with Crippen molar-refractivity contribution in [2.24, 2.45) is 0 Å². The van der Waals surface area contributed by atoms with Gasteiger partial charge in [-0.2, -0.15) is 0 Å². The predicted octanol–water partition coefficient (Wildman–Crippen LogP) is 4.31. The average molecular weight is 458 g/mol. The van der Waals surface area contributed by atoms with E-state index < -0.39 is 15.9 Å². The first-order valence-corrected chi connectivity index (χ1v) is 12.3. The number of furan rings is 1. The van der Waals surface area contributed by atoms with Gasteiger partial charge in [-0.15, -0.1) is 0 Å². The zero-order valence-electron chi connectivity index (χ0n) is 17.7. The Morgan fingerprint density at radius 1 is 1.09 bits per heavy atom. The second-order valence-corrected chi connectivity index (χ2v) is 9.95. The highest BCUT2D eigenvalue weighted by Crippen LogP contribution is 2.27. The van der Waals surface area contributed by atoms with Crippen molar-refractivity contribution in [1.82, 2.24) is 4.90 Å². The number of hydrogen-bond donors (Lipinski definition) is 0. The number of halogens is 1. The number of rotatable bonds is 7. The van der Waals surface area contributed by atoms with Crippen LogP contribution in [0.4, 0.5) is 4.39 Å². The maximum atomic E-state index is 13.3. The second-order valence-electron chi connectivity index (χ2n) is 7.72. The molecule has 0 unspecified atom stereocenters. The van der Waals surface area contributed by atoms with Crippen LogP contribution in [-0.4, -0.2) is 43.4 Å². The summed E-state index contributed by atoms with van der Waals surface area (Å²) in [6, 6.07) is 15.8. The van der Waals surface area contributed by atoms with Gasteiger partial charge in [0.15, 0.2) is 9.84 Å². The predicted molar refractivity (Wildman–Crippen MR) is 119 cm³/mol. The lowest BCUT2D eigenvalue weighted by molar-refractivity contribution is 0.0666. The third-order valence-corrected chi connectivity index (χ3v) is 7.19. The highest BCUT2D eigenvalue weighted by atomic mass is 32.2.